The maximum Gasteiger partial charge on any atom is 0.312 e. The molecule has 0 saturated heterocycles. The van der Waals surface area contributed by atoms with E-state index in [0.717, 1.165) is 0 Å². The molecule has 1 aliphatic heterocycles. The van der Waals surface area contributed by atoms with Crippen molar-refractivity contribution in [3.63, 3.8) is 0 Å². The maximum absolute atomic E-state index is 11.0. The highest BCUT2D eigenvalue weighted by atomic mass is 16.7. The topological polar surface area (TPSA) is 88.7 Å². The third kappa shape index (κ3) is 3.05. The van der Waals surface area contributed by atoms with Crippen LogP contribution in [0, 0.1) is 24.0 Å². The first kappa shape index (κ1) is 15.1. The molecule has 1 aromatic carbocycles. The van der Waals surface area contributed by atoms with Crippen molar-refractivity contribution in [1.29, 1.82) is 0 Å². The Bertz CT molecular complexity index is 741. The van der Waals surface area contributed by atoms with Crippen LogP contribution in [0.5, 0.6) is 17.2 Å². The predicted octanol–water partition coefficient (Wildman–Crippen LogP) is 2.61. The molecule has 8 heteroatoms. The average Bonchev–Trinajstić information content (AvgIpc) is 3.07. The van der Waals surface area contributed by atoms with E-state index in [-0.39, 0.29) is 12.5 Å². The van der Waals surface area contributed by atoms with Crippen LogP contribution in [0.25, 0.3) is 0 Å². The molecular formula is C15H17N3O5. The zero-order chi connectivity index (χ0) is 16.4. The summed E-state index contributed by atoms with van der Waals surface area (Å²) in [5.41, 5.74) is 1.08. The molecule has 0 atom stereocenters. The van der Waals surface area contributed by atoms with Crippen molar-refractivity contribution in [3.05, 3.63) is 39.7 Å². The maximum atomic E-state index is 11.0. The number of hydrogen-bond acceptors (Lipinski definition) is 6. The molecule has 0 saturated carbocycles. The molecule has 0 amide bonds. The first-order chi connectivity index (χ1) is 11.1. The SMILES string of the molecule is Cc1nn(CCCOc2ccc3c(c2)OCO3)c(C)c1[N+](=O)[O-]. The van der Waals surface area contributed by atoms with Gasteiger partial charge in [-0.15, -0.1) is 0 Å². The van der Waals surface area contributed by atoms with Gasteiger partial charge >= 0.3 is 5.69 Å². The van der Waals surface area contributed by atoms with E-state index in [1.165, 1.54) is 0 Å². The van der Waals surface area contributed by atoms with Crippen molar-refractivity contribution in [2.75, 3.05) is 13.4 Å². The summed E-state index contributed by atoms with van der Waals surface area (Å²) in [6.07, 6.45) is 0.688. The Hall–Kier alpha value is -2.77. The number of rotatable bonds is 6. The van der Waals surface area contributed by atoms with Gasteiger partial charge in [-0.1, -0.05) is 0 Å². The number of ether oxygens (including phenoxy) is 3. The second-order valence-corrected chi connectivity index (χ2v) is 5.22. The summed E-state index contributed by atoms with van der Waals surface area (Å²) in [6, 6.07) is 5.42. The lowest BCUT2D eigenvalue weighted by Crippen LogP contribution is -2.07. The zero-order valence-corrected chi connectivity index (χ0v) is 12.9. The van der Waals surface area contributed by atoms with E-state index in [1.807, 2.05) is 12.1 Å². The standard InChI is InChI=1S/C15H17N3O5/c1-10-15(18(19)20)11(2)17(16-10)6-3-7-21-12-4-5-13-14(8-12)23-9-22-13/h4-5,8H,3,6-7,9H2,1-2H3. The molecule has 3 rings (SSSR count). The number of fused-ring (bicyclic) bond motifs is 1. The van der Waals surface area contributed by atoms with Gasteiger partial charge in [0.25, 0.3) is 0 Å². The number of aromatic nitrogens is 2. The summed E-state index contributed by atoms with van der Waals surface area (Å²) in [5.74, 6) is 2.09. The lowest BCUT2D eigenvalue weighted by molar-refractivity contribution is -0.386. The van der Waals surface area contributed by atoms with Crippen LogP contribution in [0.1, 0.15) is 17.8 Å². The van der Waals surface area contributed by atoms with Crippen molar-refractivity contribution in [3.8, 4) is 17.2 Å². The van der Waals surface area contributed by atoms with Gasteiger partial charge < -0.3 is 14.2 Å². The van der Waals surface area contributed by atoms with Crippen LogP contribution in [0.4, 0.5) is 5.69 Å². The third-order valence-corrected chi connectivity index (χ3v) is 3.65. The minimum Gasteiger partial charge on any atom is -0.493 e. The Kier molecular flexibility index (Phi) is 4.05. The molecule has 23 heavy (non-hydrogen) atoms. The van der Waals surface area contributed by atoms with E-state index in [4.69, 9.17) is 14.2 Å². The minimum atomic E-state index is -0.392. The Balaban J connectivity index is 1.54. The van der Waals surface area contributed by atoms with Crippen LogP contribution in [-0.2, 0) is 6.54 Å². The second-order valence-electron chi connectivity index (χ2n) is 5.22. The van der Waals surface area contributed by atoms with Gasteiger partial charge in [-0.2, -0.15) is 5.10 Å². The summed E-state index contributed by atoms with van der Waals surface area (Å²) in [6.45, 7) is 4.62. The molecule has 1 aromatic heterocycles. The number of nitrogens with zero attached hydrogens (tertiary/aromatic N) is 3. The quantitative estimate of drug-likeness (QED) is 0.462. The molecule has 122 valence electrons. The summed E-state index contributed by atoms with van der Waals surface area (Å²) < 4.78 is 17.8. The lowest BCUT2D eigenvalue weighted by atomic mass is 10.3. The van der Waals surface area contributed by atoms with Crippen molar-refractivity contribution < 1.29 is 19.1 Å². The van der Waals surface area contributed by atoms with Gasteiger partial charge in [-0.3, -0.25) is 14.8 Å². The van der Waals surface area contributed by atoms with E-state index in [0.29, 0.717) is 48.2 Å². The van der Waals surface area contributed by atoms with Crippen LogP contribution >= 0.6 is 0 Å². The Labute approximate surface area is 132 Å². The molecule has 0 aliphatic carbocycles. The van der Waals surface area contributed by atoms with E-state index in [9.17, 15) is 10.1 Å². The van der Waals surface area contributed by atoms with Crippen LogP contribution in [0.15, 0.2) is 18.2 Å². The van der Waals surface area contributed by atoms with E-state index < -0.39 is 4.92 Å². The summed E-state index contributed by atoms with van der Waals surface area (Å²) in [4.78, 5) is 10.6. The number of hydrogen-bond donors (Lipinski definition) is 0. The second kappa shape index (κ2) is 6.15. The van der Waals surface area contributed by atoms with Crippen LogP contribution in [0.2, 0.25) is 0 Å². The fraction of sp³-hybridized carbons (Fsp3) is 0.400. The molecule has 8 nitrogen and oxygen atoms in total. The van der Waals surface area contributed by atoms with Crippen LogP contribution in [-0.4, -0.2) is 28.1 Å². The molecule has 0 spiro atoms. The highest BCUT2D eigenvalue weighted by Crippen LogP contribution is 2.35. The largest absolute Gasteiger partial charge is 0.493 e. The van der Waals surface area contributed by atoms with Crippen molar-refractivity contribution in [2.45, 2.75) is 26.8 Å². The Morgan fingerprint density at radius 2 is 2.13 bits per heavy atom. The predicted molar refractivity (Wildman–Crippen MR) is 81.0 cm³/mol. The Morgan fingerprint density at radius 1 is 1.35 bits per heavy atom. The van der Waals surface area contributed by atoms with Gasteiger partial charge in [0.1, 0.15) is 17.1 Å². The molecular weight excluding hydrogens is 302 g/mol. The van der Waals surface area contributed by atoms with Gasteiger partial charge in [-0.05, 0) is 26.0 Å². The fourth-order valence-electron chi connectivity index (χ4n) is 2.54. The van der Waals surface area contributed by atoms with E-state index in [2.05, 4.69) is 5.10 Å². The zero-order valence-electron chi connectivity index (χ0n) is 12.9. The van der Waals surface area contributed by atoms with E-state index >= 15 is 0 Å². The van der Waals surface area contributed by atoms with Gasteiger partial charge in [0, 0.05) is 19.0 Å². The molecule has 0 unspecified atom stereocenters. The van der Waals surface area contributed by atoms with E-state index in [1.54, 1.807) is 24.6 Å². The summed E-state index contributed by atoms with van der Waals surface area (Å²) >= 11 is 0. The van der Waals surface area contributed by atoms with Gasteiger partial charge in [0.15, 0.2) is 11.5 Å². The van der Waals surface area contributed by atoms with Gasteiger partial charge in [0.2, 0.25) is 6.79 Å². The van der Waals surface area contributed by atoms with Crippen molar-refractivity contribution in [2.24, 2.45) is 0 Å². The molecule has 2 heterocycles. The highest BCUT2D eigenvalue weighted by molar-refractivity contribution is 5.46. The smallest absolute Gasteiger partial charge is 0.312 e. The molecule has 0 N–H and O–H groups in total. The lowest BCUT2D eigenvalue weighted by Gasteiger charge is -2.07. The third-order valence-electron chi connectivity index (χ3n) is 3.65. The highest BCUT2D eigenvalue weighted by Gasteiger charge is 2.21. The van der Waals surface area contributed by atoms with Crippen molar-refractivity contribution >= 4 is 5.69 Å². The van der Waals surface area contributed by atoms with Gasteiger partial charge in [0.05, 0.1) is 11.5 Å². The first-order valence-electron chi connectivity index (χ1n) is 7.27. The number of aryl methyl sites for hydroxylation is 2. The van der Waals surface area contributed by atoms with Crippen LogP contribution < -0.4 is 14.2 Å². The summed E-state index contributed by atoms with van der Waals surface area (Å²) in [7, 11) is 0. The fourth-order valence-corrected chi connectivity index (χ4v) is 2.54. The molecule has 0 radical (unpaired) electrons. The normalized spacial score (nSPS) is 12.4. The average molecular weight is 319 g/mol. The molecule has 0 fully saturated rings. The van der Waals surface area contributed by atoms with Crippen LogP contribution in [0.3, 0.4) is 0 Å². The summed E-state index contributed by atoms with van der Waals surface area (Å²) in [5, 5.41) is 15.2. The monoisotopic (exact) mass is 319 g/mol. The molecule has 0 bridgehead atoms. The number of benzene rings is 1. The van der Waals surface area contributed by atoms with Crippen molar-refractivity contribution in [1.82, 2.24) is 9.78 Å². The molecule has 2 aromatic rings. The minimum absolute atomic E-state index is 0.0849. The Morgan fingerprint density at radius 3 is 2.87 bits per heavy atom. The number of nitro groups is 1. The van der Waals surface area contributed by atoms with Gasteiger partial charge in [-0.25, -0.2) is 0 Å². The molecule has 1 aliphatic rings. The first-order valence-corrected chi connectivity index (χ1v) is 7.27.